The molecule has 3 aromatic carbocycles. The minimum Gasteiger partial charge on any atom is -0.493 e. The average molecular weight is 419 g/mol. The molecule has 0 saturated carbocycles. The van der Waals surface area contributed by atoms with Gasteiger partial charge in [0, 0.05) is 10.6 Å². The lowest BCUT2D eigenvalue weighted by Crippen LogP contribution is -2.22. The molecule has 0 spiro atoms. The second-order valence-corrected chi connectivity index (χ2v) is 6.96. The summed E-state index contributed by atoms with van der Waals surface area (Å²) >= 11 is 6.03. The Morgan fingerprint density at radius 1 is 0.900 bits per heavy atom. The van der Waals surface area contributed by atoms with Gasteiger partial charge < -0.3 is 9.47 Å². The van der Waals surface area contributed by atoms with E-state index in [1.54, 1.807) is 55.2 Å². The van der Waals surface area contributed by atoms with Crippen molar-refractivity contribution in [1.82, 2.24) is 9.55 Å². The molecule has 0 unspecified atom stereocenters. The van der Waals surface area contributed by atoms with E-state index < -0.39 is 0 Å². The third kappa shape index (κ3) is 3.67. The van der Waals surface area contributed by atoms with Crippen molar-refractivity contribution in [3.8, 4) is 17.2 Å². The minimum atomic E-state index is -0.153. The van der Waals surface area contributed by atoms with Gasteiger partial charge in [-0.1, -0.05) is 35.9 Å². The highest BCUT2D eigenvalue weighted by molar-refractivity contribution is 6.30. The molecule has 1 aromatic heterocycles. The zero-order valence-corrected chi connectivity index (χ0v) is 17.3. The van der Waals surface area contributed by atoms with E-state index in [0.717, 1.165) is 5.56 Å². The molecule has 0 aliphatic heterocycles. The Bertz CT molecular complexity index is 1290. The third-order valence-corrected chi connectivity index (χ3v) is 4.98. The fourth-order valence-corrected chi connectivity index (χ4v) is 3.43. The van der Waals surface area contributed by atoms with Crippen molar-refractivity contribution in [1.29, 1.82) is 0 Å². The van der Waals surface area contributed by atoms with Crippen LogP contribution in [0, 0.1) is 0 Å². The monoisotopic (exact) mass is 418 g/mol. The summed E-state index contributed by atoms with van der Waals surface area (Å²) in [6, 6.07) is 20.0. The molecule has 5 nitrogen and oxygen atoms in total. The molecule has 0 aliphatic carbocycles. The largest absolute Gasteiger partial charge is 0.493 e. The summed E-state index contributed by atoms with van der Waals surface area (Å²) in [7, 11) is 3.18. The number of ether oxygens (including phenoxy) is 2. The first-order valence-corrected chi connectivity index (χ1v) is 9.67. The Morgan fingerprint density at radius 2 is 1.67 bits per heavy atom. The fraction of sp³-hybridized carbons (Fsp3) is 0.0833. The maximum Gasteiger partial charge on any atom is 0.266 e. The van der Waals surface area contributed by atoms with E-state index in [0.29, 0.717) is 38.9 Å². The molecule has 150 valence electrons. The number of methoxy groups -OCH3 is 2. The first kappa shape index (κ1) is 19.7. The predicted molar refractivity (Wildman–Crippen MR) is 121 cm³/mol. The lowest BCUT2D eigenvalue weighted by atomic mass is 10.1. The Morgan fingerprint density at radius 3 is 2.40 bits per heavy atom. The maximum atomic E-state index is 13.3. The van der Waals surface area contributed by atoms with Gasteiger partial charge in [0.2, 0.25) is 0 Å². The van der Waals surface area contributed by atoms with Gasteiger partial charge in [0.1, 0.15) is 5.82 Å². The summed E-state index contributed by atoms with van der Waals surface area (Å²) < 4.78 is 12.4. The van der Waals surface area contributed by atoms with Gasteiger partial charge in [-0.15, -0.1) is 0 Å². The van der Waals surface area contributed by atoms with Gasteiger partial charge in [-0.25, -0.2) is 4.98 Å². The molecule has 0 amide bonds. The molecule has 0 bridgehead atoms. The first-order valence-electron chi connectivity index (χ1n) is 9.29. The highest BCUT2D eigenvalue weighted by Gasteiger charge is 2.12. The van der Waals surface area contributed by atoms with E-state index in [2.05, 4.69) is 0 Å². The van der Waals surface area contributed by atoms with Crippen molar-refractivity contribution < 1.29 is 9.47 Å². The van der Waals surface area contributed by atoms with Crippen molar-refractivity contribution in [2.75, 3.05) is 14.2 Å². The second kappa shape index (κ2) is 8.43. The quantitative estimate of drug-likeness (QED) is 0.445. The van der Waals surface area contributed by atoms with Gasteiger partial charge in [0.05, 0.1) is 30.8 Å². The molecule has 0 aliphatic rings. The third-order valence-electron chi connectivity index (χ3n) is 4.73. The van der Waals surface area contributed by atoms with Crippen molar-refractivity contribution in [3.05, 3.63) is 93.5 Å². The van der Waals surface area contributed by atoms with E-state index in [1.807, 2.05) is 42.5 Å². The van der Waals surface area contributed by atoms with E-state index in [9.17, 15) is 4.79 Å². The van der Waals surface area contributed by atoms with Crippen LogP contribution in [-0.2, 0) is 0 Å². The molecule has 4 aromatic rings. The summed E-state index contributed by atoms with van der Waals surface area (Å²) in [4.78, 5) is 18.0. The van der Waals surface area contributed by atoms with Crippen LogP contribution in [0.15, 0.2) is 71.5 Å². The van der Waals surface area contributed by atoms with E-state index >= 15 is 0 Å². The van der Waals surface area contributed by atoms with Gasteiger partial charge in [-0.05, 0) is 54.6 Å². The smallest absolute Gasteiger partial charge is 0.266 e. The SMILES string of the molecule is COc1cccc(C=Cc2nc3ccccc3c(=O)n2-c2ccc(Cl)cc2)c1OC. The van der Waals surface area contributed by atoms with Crippen LogP contribution < -0.4 is 15.0 Å². The fourth-order valence-electron chi connectivity index (χ4n) is 3.31. The van der Waals surface area contributed by atoms with Crippen LogP contribution in [0.25, 0.3) is 28.7 Å². The van der Waals surface area contributed by atoms with Gasteiger partial charge in [0.15, 0.2) is 11.5 Å². The Balaban J connectivity index is 1.92. The number of para-hydroxylation sites is 2. The van der Waals surface area contributed by atoms with Crippen molar-refractivity contribution in [3.63, 3.8) is 0 Å². The zero-order valence-electron chi connectivity index (χ0n) is 16.5. The molecule has 0 N–H and O–H groups in total. The van der Waals surface area contributed by atoms with Gasteiger partial charge >= 0.3 is 0 Å². The van der Waals surface area contributed by atoms with Gasteiger partial charge in [0.25, 0.3) is 5.56 Å². The zero-order chi connectivity index (χ0) is 21.1. The van der Waals surface area contributed by atoms with Gasteiger partial charge in [-0.3, -0.25) is 9.36 Å². The standard InChI is InChI=1S/C24H19ClN2O3/c1-29-21-9-5-6-16(23(21)30-2)10-15-22-26-20-8-4-3-7-19(20)24(28)27(22)18-13-11-17(25)12-14-18/h3-15H,1-2H3. The Kier molecular flexibility index (Phi) is 5.55. The Hall–Kier alpha value is -3.57. The number of aromatic nitrogens is 2. The molecule has 4 rings (SSSR count). The number of rotatable bonds is 5. The number of halogens is 1. The van der Waals surface area contributed by atoms with E-state index in [1.165, 1.54) is 0 Å². The molecule has 6 heteroatoms. The van der Waals surface area contributed by atoms with Gasteiger partial charge in [-0.2, -0.15) is 0 Å². The van der Waals surface area contributed by atoms with Crippen molar-refractivity contribution in [2.45, 2.75) is 0 Å². The summed E-state index contributed by atoms with van der Waals surface area (Å²) in [6.07, 6.45) is 3.64. The summed E-state index contributed by atoms with van der Waals surface area (Å²) in [5.74, 6) is 1.73. The number of benzene rings is 3. The van der Waals surface area contributed by atoms with Crippen LogP contribution in [0.4, 0.5) is 0 Å². The van der Waals surface area contributed by atoms with Crippen LogP contribution in [0.1, 0.15) is 11.4 Å². The van der Waals surface area contributed by atoms with Crippen LogP contribution in [0.5, 0.6) is 11.5 Å². The minimum absolute atomic E-state index is 0.153. The topological polar surface area (TPSA) is 53.3 Å². The molecule has 0 saturated heterocycles. The first-order chi connectivity index (χ1) is 14.6. The highest BCUT2D eigenvalue weighted by Crippen LogP contribution is 2.32. The number of hydrogen-bond donors (Lipinski definition) is 0. The van der Waals surface area contributed by atoms with Crippen LogP contribution in [0.2, 0.25) is 5.02 Å². The van der Waals surface area contributed by atoms with E-state index in [4.69, 9.17) is 26.1 Å². The molecular weight excluding hydrogens is 400 g/mol. The molecule has 0 fully saturated rings. The lowest BCUT2D eigenvalue weighted by Gasteiger charge is -2.12. The Labute approximate surface area is 178 Å². The molecule has 0 radical (unpaired) electrons. The molecule has 30 heavy (non-hydrogen) atoms. The summed E-state index contributed by atoms with van der Waals surface area (Å²) in [5, 5.41) is 1.14. The maximum absolute atomic E-state index is 13.3. The normalized spacial score (nSPS) is 11.2. The number of hydrogen-bond acceptors (Lipinski definition) is 4. The summed E-state index contributed by atoms with van der Waals surface area (Å²) in [6.45, 7) is 0. The molecule has 0 atom stereocenters. The molecule has 1 heterocycles. The van der Waals surface area contributed by atoms with Crippen molar-refractivity contribution in [2.24, 2.45) is 0 Å². The second-order valence-electron chi connectivity index (χ2n) is 6.52. The predicted octanol–water partition coefficient (Wildman–Crippen LogP) is 5.23. The van der Waals surface area contributed by atoms with E-state index in [-0.39, 0.29) is 5.56 Å². The number of nitrogens with zero attached hydrogens (tertiary/aromatic N) is 2. The van der Waals surface area contributed by atoms with Crippen LogP contribution in [-0.4, -0.2) is 23.8 Å². The average Bonchev–Trinajstić information content (AvgIpc) is 2.78. The molecular formula is C24H19ClN2O3. The van der Waals surface area contributed by atoms with Crippen LogP contribution >= 0.6 is 11.6 Å². The highest BCUT2D eigenvalue weighted by atomic mass is 35.5. The van der Waals surface area contributed by atoms with Crippen LogP contribution in [0.3, 0.4) is 0 Å². The van der Waals surface area contributed by atoms with Crippen molar-refractivity contribution >= 4 is 34.7 Å². The number of fused-ring (bicyclic) bond motifs is 1. The lowest BCUT2D eigenvalue weighted by molar-refractivity contribution is 0.354. The summed E-state index contributed by atoms with van der Waals surface area (Å²) in [5.41, 5.74) is 1.96.